The van der Waals surface area contributed by atoms with E-state index in [1.807, 2.05) is 6.92 Å². The summed E-state index contributed by atoms with van der Waals surface area (Å²) in [5.74, 6) is -0.205. The molecule has 1 aliphatic rings. The van der Waals surface area contributed by atoms with Gasteiger partial charge in [0.25, 0.3) is 11.5 Å². The zero-order valence-electron chi connectivity index (χ0n) is 11.5. The third-order valence-electron chi connectivity index (χ3n) is 3.70. The molecule has 2 rings (SSSR count). The summed E-state index contributed by atoms with van der Waals surface area (Å²) in [6.07, 6.45) is 2.96. The Bertz CT molecular complexity index is 522. The Morgan fingerprint density at radius 2 is 2.21 bits per heavy atom. The Balaban J connectivity index is 2.29. The molecule has 0 bridgehead atoms. The SMILES string of the molecule is Cc1ccc(C(=O)N2CCCCC2C(C)N)c(=O)[nH]1. The number of rotatable bonds is 2. The minimum absolute atomic E-state index is 0.0296. The van der Waals surface area contributed by atoms with E-state index in [0.29, 0.717) is 6.54 Å². The molecule has 1 saturated heterocycles. The molecule has 2 heterocycles. The first kappa shape index (κ1) is 13.8. The van der Waals surface area contributed by atoms with Gasteiger partial charge in [0.2, 0.25) is 0 Å². The number of nitrogens with zero attached hydrogens (tertiary/aromatic N) is 1. The predicted octanol–water partition coefficient (Wildman–Crippen LogP) is 1.03. The van der Waals surface area contributed by atoms with Crippen LogP contribution < -0.4 is 11.3 Å². The number of carbonyl (C=O) groups is 1. The number of nitrogens with two attached hydrogens (primary N) is 1. The smallest absolute Gasteiger partial charge is 0.260 e. The number of H-pyrrole nitrogens is 1. The van der Waals surface area contributed by atoms with Crippen LogP contribution in [0.2, 0.25) is 0 Å². The van der Waals surface area contributed by atoms with E-state index in [2.05, 4.69) is 4.98 Å². The molecule has 1 aromatic rings. The number of piperidine rings is 1. The molecule has 0 saturated carbocycles. The summed E-state index contributed by atoms with van der Waals surface area (Å²) in [6.45, 7) is 4.38. The van der Waals surface area contributed by atoms with Crippen molar-refractivity contribution in [2.45, 2.75) is 45.2 Å². The molecule has 5 nitrogen and oxygen atoms in total. The number of hydrogen-bond donors (Lipinski definition) is 2. The summed E-state index contributed by atoms with van der Waals surface area (Å²) >= 11 is 0. The Morgan fingerprint density at radius 1 is 1.47 bits per heavy atom. The van der Waals surface area contributed by atoms with E-state index in [1.165, 1.54) is 0 Å². The van der Waals surface area contributed by atoms with Crippen molar-refractivity contribution in [1.29, 1.82) is 0 Å². The maximum atomic E-state index is 12.5. The lowest BCUT2D eigenvalue weighted by molar-refractivity contribution is 0.0582. The predicted molar refractivity (Wildman–Crippen MR) is 74.1 cm³/mol. The highest BCUT2D eigenvalue weighted by atomic mass is 16.2. The van der Waals surface area contributed by atoms with E-state index in [1.54, 1.807) is 24.0 Å². The normalized spacial score (nSPS) is 21.2. The first-order valence-corrected chi connectivity index (χ1v) is 6.77. The van der Waals surface area contributed by atoms with Crippen molar-refractivity contribution < 1.29 is 4.79 Å². The summed E-state index contributed by atoms with van der Waals surface area (Å²) in [6, 6.07) is 3.30. The first-order chi connectivity index (χ1) is 9.00. The molecule has 0 aliphatic carbocycles. The Labute approximate surface area is 112 Å². The van der Waals surface area contributed by atoms with Crippen molar-refractivity contribution >= 4 is 5.91 Å². The van der Waals surface area contributed by atoms with Gasteiger partial charge >= 0.3 is 0 Å². The Hall–Kier alpha value is -1.62. The van der Waals surface area contributed by atoms with Crippen molar-refractivity contribution in [2.75, 3.05) is 6.54 Å². The molecule has 0 aromatic carbocycles. The van der Waals surface area contributed by atoms with Gasteiger partial charge in [-0.3, -0.25) is 9.59 Å². The van der Waals surface area contributed by atoms with Crippen LogP contribution in [-0.2, 0) is 0 Å². The topological polar surface area (TPSA) is 79.2 Å². The lowest BCUT2D eigenvalue weighted by Gasteiger charge is -2.37. The van der Waals surface area contributed by atoms with Crippen LogP contribution >= 0.6 is 0 Å². The summed E-state index contributed by atoms with van der Waals surface area (Å²) < 4.78 is 0. The van der Waals surface area contributed by atoms with Gasteiger partial charge in [0.1, 0.15) is 5.56 Å². The summed E-state index contributed by atoms with van der Waals surface area (Å²) in [4.78, 5) is 28.8. The highest BCUT2D eigenvalue weighted by Gasteiger charge is 2.30. The maximum Gasteiger partial charge on any atom is 0.260 e. The van der Waals surface area contributed by atoms with E-state index in [4.69, 9.17) is 5.73 Å². The van der Waals surface area contributed by atoms with Gasteiger partial charge in [0.05, 0.1) is 0 Å². The molecule has 2 atom stereocenters. The van der Waals surface area contributed by atoms with Gasteiger partial charge in [-0.05, 0) is 45.2 Å². The van der Waals surface area contributed by atoms with Gasteiger partial charge < -0.3 is 15.6 Å². The number of likely N-dealkylation sites (tertiary alicyclic amines) is 1. The van der Waals surface area contributed by atoms with Gasteiger partial charge in [0.15, 0.2) is 0 Å². The maximum absolute atomic E-state index is 12.5. The van der Waals surface area contributed by atoms with E-state index in [0.717, 1.165) is 25.0 Å². The average molecular weight is 263 g/mol. The minimum atomic E-state index is -0.320. The van der Waals surface area contributed by atoms with Crippen molar-refractivity contribution in [3.05, 3.63) is 33.7 Å². The molecule has 1 amide bonds. The van der Waals surface area contributed by atoms with Crippen LogP contribution in [0.3, 0.4) is 0 Å². The lowest BCUT2D eigenvalue weighted by atomic mass is 9.96. The molecule has 0 radical (unpaired) electrons. The second-order valence-corrected chi connectivity index (χ2v) is 5.30. The fraction of sp³-hybridized carbons (Fsp3) is 0.571. The fourth-order valence-corrected chi connectivity index (χ4v) is 2.65. The fourth-order valence-electron chi connectivity index (χ4n) is 2.65. The van der Waals surface area contributed by atoms with Crippen molar-refractivity contribution in [3.63, 3.8) is 0 Å². The van der Waals surface area contributed by atoms with Gasteiger partial charge in [-0.15, -0.1) is 0 Å². The summed E-state index contributed by atoms with van der Waals surface area (Å²) in [5.41, 5.74) is 6.60. The summed E-state index contributed by atoms with van der Waals surface area (Å²) in [5, 5.41) is 0. The van der Waals surface area contributed by atoms with E-state index in [9.17, 15) is 9.59 Å². The molecule has 104 valence electrons. The molecular weight excluding hydrogens is 242 g/mol. The Kier molecular flexibility index (Phi) is 4.04. The monoisotopic (exact) mass is 263 g/mol. The highest BCUT2D eigenvalue weighted by molar-refractivity contribution is 5.94. The number of nitrogens with one attached hydrogen (secondary N) is 1. The average Bonchev–Trinajstić information content (AvgIpc) is 2.38. The quantitative estimate of drug-likeness (QED) is 0.836. The lowest BCUT2D eigenvalue weighted by Crippen LogP contribution is -2.52. The molecule has 2 unspecified atom stereocenters. The van der Waals surface area contributed by atoms with Crippen LogP contribution in [0, 0.1) is 6.92 Å². The first-order valence-electron chi connectivity index (χ1n) is 6.77. The number of aryl methyl sites for hydroxylation is 1. The molecular formula is C14H21N3O2. The molecule has 0 spiro atoms. The van der Waals surface area contributed by atoms with E-state index >= 15 is 0 Å². The third kappa shape index (κ3) is 2.87. The second kappa shape index (κ2) is 5.57. The highest BCUT2D eigenvalue weighted by Crippen LogP contribution is 2.20. The van der Waals surface area contributed by atoms with Crippen molar-refractivity contribution in [3.8, 4) is 0 Å². The zero-order valence-corrected chi connectivity index (χ0v) is 11.5. The third-order valence-corrected chi connectivity index (χ3v) is 3.70. The largest absolute Gasteiger partial charge is 0.334 e. The van der Waals surface area contributed by atoms with Crippen LogP contribution in [0.15, 0.2) is 16.9 Å². The summed E-state index contributed by atoms with van der Waals surface area (Å²) in [7, 11) is 0. The Morgan fingerprint density at radius 3 is 2.84 bits per heavy atom. The molecule has 1 fully saturated rings. The number of hydrogen-bond acceptors (Lipinski definition) is 3. The molecule has 19 heavy (non-hydrogen) atoms. The molecule has 3 N–H and O–H groups in total. The minimum Gasteiger partial charge on any atom is -0.334 e. The van der Waals surface area contributed by atoms with Gasteiger partial charge in [0, 0.05) is 24.3 Å². The second-order valence-electron chi connectivity index (χ2n) is 5.30. The van der Waals surface area contributed by atoms with Gasteiger partial charge in [-0.2, -0.15) is 0 Å². The number of carbonyl (C=O) groups excluding carboxylic acids is 1. The van der Waals surface area contributed by atoms with Crippen LogP contribution in [0.4, 0.5) is 0 Å². The number of aromatic amines is 1. The number of pyridine rings is 1. The number of amides is 1. The van der Waals surface area contributed by atoms with E-state index in [-0.39, 0.29) is 29.1 Å². The molecule has 1 aliphatic heterocycles. The van der Waals surface area contributed by atoms with Gasteiger partial charge in [-0.1, -0.05) is 0 Å². The molecule has 5 heteroatoms. The molecule has 1 aromatic heterocycles. The van der Waals surface area contributed by atoms with Crippen LogP contribution in [0.1, 0.15) is 42.2 Å². The van der Waals surface area contributed by atoms with Crippen molar-refractivity contribution in [2.24, 2.45) is 5.73 Å². The van der Waals surface area contributed by atoms with Crippen LogP contribution in [0.5, 0.6) is 0 Å². The van der Waals surface area contributed by atoms with Crippen LogP contribution in [0.25, 0.3) is 0 Å². The van der Waals surface area contributed by atoms with Gasteiger partial charge in [-0.25, -0.2) is 0 Å². The standard InChI is InChI=1S/C14H21N3O2/c1-9-6-7-11(13(18)16-9)14(19)17-8-4-3-5-12(17)10(2)15/h6-7,10,12H,3-5,8,15H2,1-2H3,(H,16,18). The van der Waals surface area contributed by atoms with E-state index < -0.39 is 0 Å². The zero-order chi connectivity index (χ0) is 14.0. The number of aromatic nitrogens is 1. The van der Waals surface area contributed by atoms with Crippen molar-refractivity contribution in [1.82, 2.24) is 9.88 Å². The van der Waals surface area contributed by atoms with Crippen LogP contribution in [-0.4, -0.2) is 34.4 Å².